The van der Waals surface area contributed by atoms with Gasteiger partial charge in [0.1, 0.15) is 18.5 Å². The lowest BCUT2D eigenvalue weighted by Crippen LogP contribution is -2.56. The molecule has 0 saturated carbocycles. The van der Waals surface area contributed by atoms with Gasteiger partial charge in [0.05, 0.1) is 18.8 Å². The van der Waals surface area contributed by atoms with Crippen LogP contribution in [0.15, 0.2) is 41.9 Å². The van der Waals surface area contributed by atoms with E-state index in [1.165, 1.54) is 15.6 Å². The first kappa shape index (κ1) is 15.3. The number of aromatic nitrogens is 1. The molecule has 0 bridgehead atoms. The van der Waals surface area contributed by atoms with Crippen LogP contribution in [0.4, 0.5) is 0 Å². The van der Waals surface area contributed by atoms with E-state index in [9.17, 15) is 8.42 Å². The van der Waals surface area contributed by atoms with Gasteiger partial charge in [-0.05, 0) is 12.1 Å². The van der Waals surface area contributed by atoms with Crippen molar-refractivity contribution in [3.05, 3.63) is 41.9 Å². The second kappa shape index (κ2) is 6.64. The molecule has 1 aliphatic rings. The van der Waals surface area contributed by atoms with E-state index in [4.69, 9.17) is 9.47 Å². The summed E-state index contributed by atoms with van der Waals surface area (Å²) in [6, 6.07) is 9.17. The predicted molar refractivity (Wildman–Crippen MR) is 83.8 cm³/mol. The molecule has 2 heterocycles. The monoisotopic (exact) mass is 340 g/mol. The van der Waals surface area contributed by atoms with E-state index in [0.717, 1.165) is 0 Å². The van der Waals surface area contributed by atoms with E-state index in [2.05, 4.69) is 4.98 Å². The Labute approximate surface area is 133 Å². The third kappa shape index (κ3) is 3.76. The zero-order valence-electron chi connectivity index (χ0n) is 11.8. The van der Waals surface area contributed by atoms with Crippen LogP contribution in [0.5, 0.6) is 10.9 Å². The van der Waals surface area contributed by atoms with Crippen LogP contribution in [0, 0.1) is 0 Å². The fourth-order valence-electron chi connectivity index (χ4n) is 2.02. The Morgan fingerprint density at radius 2 is 2.05 bits per heavy atom. The molecule has 8 heteroatoms. The topological polar surface area (TPSA) is 68.7 Å². The van der Waals surface area contributed by atoms with Gasteiger partial charge in [-0.3, -0.25) is 0 Å². The molecule has 1 aliphatic heterocycles. The number of para-hydroxylation sites is 1. The van der Waals surface area contributed by atoms with Crippen LogP contribution < -0.4 is 9.47 Å². The van der Waals surface area contributed by atoms with E-state index in [1.54, 1.807) is 18.3 Å². The van der Waals surface area contributed by atoms with Crippen LogP contribution in [0.25, 0.3) is 0 Å². The summed E-state index contributed by atoms with van der Waals surface area (Å²) in [5.41, 5.74) is 0. The van der Waals surface area contributed by atoms with Gasteiger partial charge in [-0.2, -0.15) is 4.31 Å². The summed E-state index contributed by atoms with van der Waals surface area (Å²) < 4.78 is 36.7. The molecule has 0 radical (unpaired) electrons. The largest absolute Gasteiger partial charge is 0.492 e. The zero-order chi connectivity index (χ0) is 15.4. The van der Waals surface area contributed by atoms with Crippen LogP contribution in [-0.4, -0.2) is 49.3 Å². The first-order valence-corrected chi connectivity index (χ1v) is 9.34. The molecule has 0 unspecified atom stereocenters. The molecular formula is C14H16N2O4S2. The maximum absolute atomic E-state index is 12.1. The highest BCUT2D eigenvalue weighted by atomic mass is 32.2. The van der Waals surface area contributed by atoms with Crippen molar-refractivity contribution in [1.82, 2.24) is 9.29 Å². The third-order valence-electron chi connectivity index (χ3n) is 3.24. The first-order chi connectivity index (χ1) is 10.6. The molecule has 0 amide bonds. The molecule has 2 aromatic rings. The average Bonchev–Trinajstić information content (AvgIpc) is 2.96. The van der Waals surface area contributed by atoms with E-state index in [-0.39, 0.29) is 18.5 Å². The summed E-state index contributed by atoms with van der Waals surface area (Å²) in [5.74, 6) is 0.637. The highest BCUT2D eigenvalue weighted by molar-refractivity contribution is 7.89. The smallest absolute Gasteiger partial charge is 0.273 e. The summed E-state index contributed by atoms with van der Waals surface area (Å²) in [6.45, 7) is 0.876. The van der Waals surface area contributed by atoms with Crippen LogP contribution in [0.1, 0.15) is 0 Å². The van der Waals surface area contributed by atoms with Crippen molar-refractivity contribution in [2.24, 2.45) is 0 Å². The first-order valence-electron chi connectivity index (χ1n) is 6.85. The van der Waals surface area contributed by atoms with Gasteiger partial charge in [-0.25, -0.2) is 13.4 Å². The number of hydrogen-bond donors (Lipinski definition) is 0. The molecule has 1 aromatic heterocycles. The third-order valence-corrected chi connectivity index (χ3v) is 5.67. The minimum Gasteiger partial charge on any atom is -0.492 e. The number of sulfonamides is 1. The fourth-order valence-corrected chi connectivity index (χ4v) is 3.91. The second-order valence-electron chi connectivity index (χ2n) is 4.83. The lowest BCUT2D eigenvalue weighted by atomic mass is 10.2. The predicted octanol–water partition coefficient (Wildman–Crippen LogP) is 1.61. The van der Waals surface area contributed by atoms with Gasteiger partial charge < -0.3 is 9.47 Å². The quantitative estimate of drug-likeness (QED) is 0.766. The van der Waals surface area contributed by atoms with E-state index < -0.39 is 10.0 Å². The van der Waals surface area contributed by atoms with E-state index in [1.807, 2.05) is 23.6 Å². The standard InChI is InChI=1S/C14H16N2O4S2/c17-22(18,9-7-19-12-4-2-1-3-5-12)16-10-13(11-16)20-14-15-6-8-21-14/h1-6,8,13H,7,9-11H2. The van der Waals surface area contributed by atoms with Gasteiger partial charge in [0.2, 0.25) is 10.0 Å². The molecular weight excluding hydrogens is 324 g/mol. The van der Waals surface area contributed by atoms with Gasteiger partial charge in [0.25, 0.3) is 5.19 Å². The van der Waals surface area contributed by atoms with Crippen LogP contribution in [0.2, 0.25) is 0 Å². The Hall–Kier alpha value is -1.64. The molecule has 1 aromatic carbocycles. The van der Waals surface area contributed by atoms with Crippen molar-refractivity contribution < 1.29 is 17.9 Å². The number of thiazole rings is 1. The maximum Gasteiger partial charge on any atom is 0.273 e. The van der Waals surface area contributed by atoms with Crippen molar-refractivity contribution in [2.75, 3.05) is 25.4 Å². The van der Waals surface area contributed by atoms with Gasteiger partial charge in [-0.15, -0.1) is 0 Å². The Morgan fingerprint density at radius 1 is 1.27 bits per heavy atom. The van der Waals surface area contributed by atoms with Crippen molar-refractivity contribution in [3.63, 3.8) is 0 Å². The minimum atomic E-state index is -3.29. The molecule has 118 valence electrons. The SMILES string of the molecule is O=S(=O)(CCOc1ccccc1)N1CC(Oc2nccs2)C1. The van der Waals surface area contributed by atoms with Crippen LogP contribution in [0.3, 0.4) is 0 Å². The van der Waals surface area contributed by atoms with Gasteiger partial charge in [-0.1, -0.05) is 29.5 Å². The number of nitrogens with zero attached hydrogens (tertiary/aromatic N) is 2. The number of rotatable bonds is 7. The molecule has 0 N–H and O–H groups in total. The fraction of sp³-hybridized carbons (Fsp3) is 0.357. The normalized spacial score (nSPS) is 16.2. The van der Waals surface area contributed by atoms with E-state index in [0.29, 0.717) is 24.0 Å². The van der Waals surface area contributed by atoms with Crippen LogP contribution in [-0.2, 0) is 10.0 Å². The van der Waals surface area contributed by atoms with Crippen molar-refractivity contribution in [1.29, 1.82) is 0 Å². The van der Waals surface area contributed by atoms with E-state index >= 15 is 0 Å². The number of hydrogen-bond acceptors (Lipinski definition) is 6. The van der Waals surface area contributed by atoms with Crippen molar-refractivity contribution >= 4 is 21.4 Å². The summed E-state index contributed by atoms with van der Waals surface area (Å²) in [6.07, 6.45) is 1.55. The Kier molecular flexibility index (Phi) is 4.60. The summed E-state index contributed by atoms with van der Waals surface area (Å²) in [7, 11) is -3.29. The van der Waals surface area contributed by atoms with Gasteiger partial charge >= 0.3 is 0 Å². The molecule has 22 heavy (non-hydrogen) atoms. The molecule has 1 saturated heterocycles. The molecule has 6 nitrogen and oxygen atoms in total. The minimum absolute atomic E-state index is 0.0358. The molecule has 0 spiro atoms. The number of benzene rings is 1. The van der Waals surface area contributed by atoms with Gasteiger partial charge in [0, 0.05) is 11.6 Å². The lowest BCUT2D eigenvalue weighted by molar-refractivity contribution is 0.0757. The Bertz CT molecular complexity index is 683. The average molecular weight is 340 g/mol. The lowest BCUT2D eigenvalue weighted by Gasteiger charge is -2.37. The van der Waals surface area contributed by atoms with Crippen molar-refractivity contribution in [2.45, 2.75) is 6.10 Å². The Morgan fingerprint density at radius 3 is 2.73 bits per heavy atom. The highest BCUT2D eigenvalue weighted by Crippen LogP contribution is 2.22. The molecule has 0 aliphatic carbocycles. The van der Waals surface area contributed by atoms with Crippen LogP contribution >= 0.6 is 11.3 Å². The maximum atomic E-state index is 12.1. The molecule has 3 rings (SSSR count). The summed E-state index contributed by atoms with van der Waals surface area (Å²) in [4.78, 5) is 4.02. The molecule has 0 atom stereocenters. The van der Waals surface area contributed by atoms with Crippen molar-refractivity contribution in [3.8, 4) is 10.9 Å². The summed E-state index contributed by atoms with van der Waals surface area (Å²) in [5, 5.41) is 2.40. The molecule has 1 fully saturated rings. The second-order valence-corrected chi connectivity index (χ2v) is 7.78. The highest BCUT2D eigenvalue weighted by Gasteiger charge is 2.37. The Balaban J connectivity index is 1.42. The summed E-state index contributed by atoms with van der Waals surface area (Å²) >= 11 is 1.40. The number of ether oxygens (including phenoxy) is 2. The zero-order valence-corrected chi connectivity index (χ0v) is 13.4. The van der Waals surface area contributed by atoms with Gasteiger partial charge in [0.15, 0.2) is 0 Å².